The monoisotopic (exact) mass is 201 g/mol. The Morgan fingerprint density at radius 1 is 1.64 bits per heavy atom. The van der Waals surface area contributed by atoms with E-state index < -0.39 is 12.0 Å². The molecule has 4 nitrogen and oxygen atoms in total. The first kappa shape index (κ1) is 11.5. The third-order valence-corrected chi connectivity index (χ3v) is 2.97. The third kappa shape index (κ3) is 2.96. The number of carboxylic acid groups (broad SMARTS) is 1. The van der Waals surface area contributed by atoms with E-state index in [1.807, 2.05) is 0 Å². The molecule has 0 aromatic rings. The van der Waals surface area contributed by atoms with Crippen LogP contribution in [0.15, 0.2) is 0 Å². The van der Waals surface area contributed by atoms with Gasteiger partial charge >= 0.3 is 5.97 Å². The molecule has 1 aliphatic rings. The number of aliphatic carboxylic acids is 1. The number of hydrogen-bond donors (Lipinski definition) is 2. The van der Waals surface area contributed by atoms with Crippen molar-refractivity contribution in [3.63, 3.8) is 0 Å². The highest BCUT2D eigenvalue weighted by molar-refractivity contribution is 5.73. The number of methoxy groups -OCH3 is 1. The van der Waals surface area contributed by atoms with Gasteiger partial charge in [-0.3, -0.25) is 4.79 Å². The molecule has 0 radical (unpaired) electrons. The lowest BCUT2D eigenvalue weighted by Gasteiger charge is -2.39. The van der Waals surface area contributed by atoms with Crippen molar-refractivity contribution < 1.29 is 14.6 Å². The standard InChI is InChI=1S/C10H19NO3/c1-10(4-3-5-10)7-11-8(6-14-2)9(12)13/h8,11H,3-7H2,1-2H3,(H,12,13). The molecule has 0 aromatic carbocycles. The predicted octanol–water partition coefficient (Wildman–Crippen LogP) is 0.866. The van der Waals surface area contributed by atoms with Crippen molar-refractivity contribution in [2.45, 2.75) is 32.2 Å². The van der Waals surface area contributed by atoms with Crippen LogP contribution in [0.2, 0.25) is 0 Å². The summed E-state index contributed by atoms with van der Waals surface area (Å²) in [5.74, 6) is -0.838. The molecule has 0 amide bonds. The molecule has 4 heteroatoms. The Morgan fingerprint density at radius 3 is 2.64 bits per heavy atom. The molecule has 0 spiro atoms. The van der Waals surface area contributed by atoms with E-state index in [9.17, 15) is 4.79 Å². The van der Waals surface area contributed by atoms with Crippen molar-refractivity contribution in [2.24, 2.45) is 5.41 Å². The van der Waals surface area contributed by atoms with E-state index in [1.165, 1.54) is 26.4 Å². The van der Waals surface area contributed by atoms with Crippen LogP contribution in [-0.2, 0) is 9.53 Å². The molecule has 2 N–H and O–H groups in total. The lowest BCUT2D eigenvalue weighted by Crippen LogP contribution is -2.47. The van der Waals surface area contributed by atoms with Crippen LogP contribution in [0.5, 0.6) is 0 Å². The molecule has 14 heavy (non-hydrogen) atoms. The number of hydrogen-bond acceptors (Lipinski definition) is 3. The van der Waals surface area contributed by atoms with Gasteiger partial charge in [-0.15, -0.1) is 0 Å². The summed E-state index contributed by atoms with van der Waals surface area (Å²) >= 11 is 0. The number of carboxylic acids is 1. The van der Waals surface area contributed by atoms with E-state index in [0.717, 1.165) is 6.54 Å². The Balaban J connectivity index is 2.28. The highest BCUT2D eigenvalue weighted by atomic mass is 16.5. The minimum Gasteiger partial charge on any atom is -0.480 e. The summed E-state index contributed by atoms with van der Waals surface area (Å²) in [5, 5.41) is 11.9. The smallest absolute Gasteiger partial charge is 0.323 e. The lowest BCUT2D eigenvalue weighted by atomic mass is 9.70. The molecule has 0 aliphatic heterocycles. The summed E-state index contributed by atoms with van der Waals surface area (Å²) in [6.45, 7) is 3.19. The van der Waals surface area contributed by atoms with Crippen LogP contribution >= 0.6 is 0 Å². The average molecular weight is 201 g/mol. The maximum Gasteiger partial charge on any atom is 0.323 e. The summed E-state index contributed by atoms with van der Waals surface area (Å²) < 4.78 is 4.84. The van der Waals surface area contributed by atoms with Gasteiger partial charge in [-0.2, -0.15) is 0 Å². The van der Waals surface area contributed by atoms with Crippen molar-refractivity contribution in [3.8, 4) is 0 Å². The summed E-state index contributed by atoms with van der Waals surface area (Å²) in [6, 6.07) is -0.572. The van der Waals surface area contributed by atoms with Gasteiger partial charge in [0.1, 0.15) is 6.04 Å². The number of ether oxygens (including phenoxy) is 1. The highest BCUT2D eigenvalue weighted by Gasteiger charge is 2.32. The van der Waals surface area contributed by atoms with Crippen LogP contribution in [-0.4, -0.2) is 37.4 Å². The van der Waals surface area contributed by atoms with Gasteiger partial charge in [0.2, 0.25) is 0 Å². The second-order valence-corrected chi connectivity index (χ2v) is 4.39. The molecule has 1 aliphatic carbocycles. The minimum absolute atomic E-state index is 0.228. The van der Waals surface area contributed by atoms with E-state index in [2.05, 4.69) is 12.2 Å². The Kier molecular flexibility index (Phi) is 3.89. The molecule has 1 unspecified atom stereocenters. The average Bonchev–Trinajstić information content (AvgIpc) is 2.08. The van der Waals surface area contributed by atoms with Crippen molar-refractivity contribution in [1.82, 2.24) is 5.32 Å². The van der Waals surface area contributed by atoms with Gasteiger partial charge in [0.15, 0.2) is 0 Å². The Morgan fingerprint density at radius 2 is 2.29 bits per heavy atom. The van der Waals surface area contributed by atoms with Gasteiger partial charge in [0.05, 0.1) is 6.61 Å². The van der Waals surface area contributed by atoms with Crippen LogP contribution in [0.3, 0.4) is 0 Å². The first-order valence-corrected chi connectivity index (χ1v) is 5.02. The van der Waals surface area contributed by atoms with Crippen LogP contribution < -0.4 is 5.32 Å². The molecule has 82 valence electrons. The zero-order valence-corrected chi connectivity index (χ0v) is 8.88. The zero-order chi connectivity index (χ0) is 10.6. The SMILES string of the molecule is COCC(NCC1(C)CCC1)C(=O)O. The first-order chi connectivity index (χ1) is 6.57. The second kappa shape index (κ2) is 4.75. The fourth-order valence-electron chi connectivity index (χ4n) is 1.71. The van der Waals surface area contributed by atoms with E-state index in [-0.39, 0.29) is 6.61 Å². The molecule has 1 rings (SSSR count). The van der Waals surface area contributed by atoms with Gasteiger partial charge in [0, 0.05) is 13.7 Å². The van der Waals surface area contributed by atoms with Crippen LogP contribution in [0, 0.1) is 5.41 Å². The highest BCUT2D eigenvalue weighted by Crippen LogP contribution is 2.39. The van der Waals surface area contributed by atoms with Crippen LogP contribution in [0.25, 0.3) is 0 Å². The van der Waals surface area contributed by atoms with Crippen molar-refractivity contribution in [1.29, 1.82) is 0 Å². The molecule has 1 atom stereocenters. The molecule has 0 bridgehead atoms. The van der Waals surface area contributed by atoms with Gasteiger partial charge in [-0.05, 0) is 18.3 Å². The predicted molar refractivity (Wildman–Crippen MR) is 53.3 cm³/mol. The van der Waals surface area contributed by atoms with Crippen molar-refractivity contribution in [2.75, 3.05) is 20.3 Å². The quantitative estimate of drug-likeness (QED) is 0.669. The third-order valence-electron chi connectivity index (χ3n) is 2.97. The van der Waals surface area contributed by atoms with Gasteiger partial charge in [-0.1, -0.05) is 13.3 Å². The molecular formula is C10H19NO3. The molecule has 1 saturated carbocycles. The van der Waals surface area contributed by atoms with E-state index in [0.29, 0.717) is 5.41 Å². The van der Waals surface area contributed by atoms with Gasteiger partial charge in [0.25, 0.3) is 0 Å². The summed E-state index contributed by atoms with van der Waals surface area (Å²) in [7, 11) is 1.52. The minimum atomic E-state index is -0.838. The van der Waals surface area contributed by atoms with Gasteiger partial charge < -0.3 is 15.2 Å². The largest absolute Gasteiger partial charge is 0.480 e. The Labute approximate surface area is 84.6 Å². The lowest BCUT2D eigenvalue weighted by molar-refractivity contribution is -0.141. The molecular weight excluding hydrogens is 182 g/mol. The zero-order valence-electron chi connectivity index (χ0n) is 8.88. The normalized spacial score (nSPS) is 21.3. The maximum absolute atomic E-state index is 10.8. The first-order valence-electron chi connectivity index (χ1n) is 5.02. The Hall–Kier alpha value is -0.610. The van der Waals surface area contributed by atoms with E-state index in [4.69, 9.17) is 9.84 Å². The van der Waals surface area contributed by atoms with Crippen LogP contribution in [0.1, 0.15) is 26.2 Å². The molecule has 0 heterocycles. The summed E-state index contributed by atoms with van der Waals surface area (Å²) in [5.41, 5.74) is 0.307. The summed E-state index contributed by atoms with van der Waals surface area (Å²) in [6.07, 6.45) is 3.65. The fraction of sp³-hybridized carbons (Fsp3) is 0.900. The number of nitrogens with one attached hydrogen (secondary N) is 1. The topological polar surface area (TPSA) is 58.6 Å². The van der Waals surface area contributed by atoms with E-state index >= 15 is 0 Å². The summed E-state index contributed by atoms with van der Waals surface area (Å²) in [4.78, 5) is 10.8. The van der Waals surface area contributed by atoms with Crippen molar-refractivity contribution >= 4 is 5.97 Å². The number of rotatable bonds is 6. The Bertz CT molecular complexity index is 202. The maximum atomic E-state index is 10.8. The van der Waals surface area contributed by atoms with E-state index in [1.54, 1.807) is 0 Å². The van der Waals surface area contributed by atoms with Gasteiger partial charge in [-0.25, -0.2) is 0 Å². The van der Waals surface area contributed by atoms with Crippen molar-refractivity contribution in [3.05, 3.63) is 0 Å². The van der Waals surface area contributed by atoms with Crippen LogP contribution in [0.4, 0.5) is 0 Å². The fourth-order valence-corrected chi connectivity index (χ4v) is 1.71. The molecule has 0 saturated heterocycles. The molecule has 0 aromatic heterocycles. The number of carbonyl (C=O) groups is 1. The second-order valence-electron chi connectivity index (χ2n) is 4.39. The molecule has 1 fully saturated rings.